The van der Waals surface area contributed by atoms with Crippen molar-refractivity contribution in [2.75, 3.05) is 0 Å². The summed E-state index contributed by atoms with van der Waals surface area (Å²) in [5, 5.41) is 19.2. The molecule has 5 heteroatoms. The first-order valence-corrected chi connectivity index (χ1v) is 5.63. The Kier molecular flexibility index (Phi) is 3.37. The van der Waals surface area contributed by atoms with Crippen LogP contribution < -0.4 is 5.63 Å². The van der Waals surface area contributed by atoms with Crippen LogP contribution >= 0.6 is 0 Å². The molecule has 0 bridgehead atoms. The van der Waals surface area contributed by atoms with Gasteiger partial charge in [-0.15, -0.1) is 0 Å². The highest BCUT2D eigenvalue weighted by Gasteiger charge is 2.06. The van der Waals surface area contributed by atoms with Gasteiger partial charge < -0.3 is 14.6 Å². The lowest BCUT2D eigenvalue weighted by atomic mass is 10.1. The Balaban J connectivity index is 2.42. The van der Waals surface area contributed by atoms with E-state index in [1.807, 2.05) is 0 Å². The summed E-state index contributed by atoms with van der Waals surface area (Å²) in [6, 6.07) is 5.91. The van der Waals surface area contributed by atoms with Crippen molar-refractivity contribution in [1.29, 1.82) is 0 Å². The lowest BCUT2D eigenvalue weighted by Crippen LogP contribution is -1.97. The Bertz CT molecular complexity index is 724. The van der Waals surface area contributed by atoms with Crippen LogP contribution in [0.3, 0.4) is 0 Å². The van der Waals surface area contributed by atoms with Crippen LogP contribution in [-0.4, -0.2) is 16.2 Å². The number of phenols is 1. The average molecular weight is 260 g/mol. The molecule has 0 spiro atoms. The third-order valence-corrected chi connectivity index (χ3v) is 2.79. The second kappa shape index (κ2) is 4.97. The van der Waals surface area contributed by atoms with Crippen LogP contribution in [0.15, 0.2) is 45.1 Å². The number of fused-ring (bicyclic) bond motifs is 1. The molecular formula is C14H12O5. The zero-order chi connectivity index (χ0) is 14.0. The van der Waals surface area contributed by atoms with E-state index in [-0.39, 0.29) is 11.3 Å². The Morgan fingerprint density at radius 3 is 2.79 bits per heavy atom. The van der Waals surface area contributed by atoms with Crippen molar-refractivity contribution in [2.45, 2.75) is 13.3 Å². The van der Waals surface area contributed by atoms with Crippen molar-refractivity contribution in [2.24, 2.45) is 0 Å². The summed E-state index contributed by atoms with van der Waals surface area (Å²) in [5.74, 6) is -1.03. The third-order valence-electron chi connectivity index (χ3n) is 2.79. The summed E-state index contributed by atoms with van der Waals surface area (Å²) in [6.45, 7) is 1.49. The lowest BCUT2D eigenvalue weighted by Gasteiger charge is -2.04. The molecule has 0 amide bonds. The minimum atomic E-state index is -0.994. The summed E-state index contributed by atoms with van der Waals surface area (Å²) < 4.78 is 4.94. The van der Waals surface area contributed by atoms with E-state index in [0.717, 1.165) is 0 Å². The van der Waals surface area contributed by atoms with E-state index in [9.17, 15) is 14.7 Å². The molecule has 0 unspecified atom stereocenters. The Morgan fingerprint density at radius 2 is 2.11 bits per heavy atom. The molecule has 2 rings (SSSR count). The molecule has 0 fully saturated rings. The van der Waals surface area contributed by atoms with Crippen LogP contribution in [-0.2, 0) is 11.2 Å². The molecule has 0 atom stereocenters. The number of benzene rings is 1. The van der Waals surface area contributed by atoms with E-state index in [2.05, 4.69) is 0 Å². The van der Waals surface area contributed by atoms with E-state index < -0.39 is 11.6 Å². The van der Waals surface area contributed by atoms with Crippen LogP contribution in [0.1, 0.15) is 12.5 Å². The maximum Gasteiger partial charge on any atom is 0.336 e. The number of rotatable bonds is 3. The van der Waals surface area contributed by atoms with E-state index >= 15 is 0 Å². The minimum absolute atomic E-state index is 0.0312. The van der Waals surface area contributed by atoms with Gasteiger partial charge in [0.05, 0.1) is 0 Å². The van der Waals surface area contributed by atoms with Crippen molar-refractivity contribution < 1.29 is 19.4 Å². The second-order valence-corrected chi connectivity index (χ2v) is 4.17. The van der Waals surface area contributed by atoms with E-state index in [0.29, 0.717) is 23.0 Å². The predicted molar refractivity (Wildman–Crippen MR) is 69.2 cm³/mol. The highest BCUT2D eigenvalue weighted by atomic mass is 16.4. The van der Waals surface area contributed by atoms with Crippen LogP contribution in [0.4, 0.5) is 0 Å². The highest BCUT2D eigenvalue weighted by Crippen LogP contribution is 2.25. The fraction of sp³-hybridized carbons (Fsp3) is 0.143. The van der Waals surface area contributed by atoms with Gasteiger partial charge >= 0.3 is 11.6 Å². The van der Waals surface area contributed by atoms with Gasteiger partial charge in [0.1, 0.15) is 11.3 Å². The summed E-state index contributed by atoms with van der Waals surface area (Å²) in [7, 11) is 0. The topological polar surface area (TPSA) is 87.7 Å². The van der Waals surface area contributed by atoms with Gasteiger partial charge in [-0.3, -0.25) is 0 Å². The molecule has 1 aromatic heterocycles. The van der Waals surface area contributed by atoms with Crippen LogP contribution in [0, 0.1) is 0 Å². The first kappa shape index (κ1) is 12.9. The highest BCUT2D eigenvalue weighted by molar-refractivity contribution is 5.86. The Morgan fingerprint density at radius 1 is 1.37 bits per heavy atom. The number of phenolic OH excluding ortho intramolecular Hbond substituents is 1. The number of allylic oxidation sites excluding steroid dienone is 1. The second-order valence-electron chi connectivity index (χ2n) is 4.17. The van der Waals surface area contributed by atoms with Crippen LogP contribution in [0.5, 0.6) is 5.75 Å². The minimum Gasteiger partial charge on any atom is -0.508 e. The number of hydrogen-bond acceptors (Lipinski definition) is 4. The van der Waals surface area contributed by atoms with Gasteiger partial charge in [-0.05, 0) is 31.0 Å². The molecule has 1 heterocycles. The first-order valence-electron chi connectivity index (χ1n) is 5.63. The van der Waals surface area contributed by atoms with Crippen molar-refractivity contribution in [3.05, 3.63) is 51.9 Å². The summed E-state index contributed by atoms with van der Waals surface area (Å²) >= 11 is 0. The quantitative estimate of drug-likeness (QED) is 0.651. The van der Waals surface area contributed by atoms with Crippen molar-refractivity contribution in [3.63, 3.8) is 0 Å². The molecule has 0 saturated heterocycles. The lowest BCUT2D eigenvalue weighted by molar-refractivity contribution is -0.132. The molecule has 2 aromatic rings. The molecule has 0 aliphatic carbocycles. The van der Waals surface area contributed by atoms with Crippen molar-refractivity contribution in [1.82, 2.24) is 0 Å². The molecule has 0 aliphatic rings. The number of carboxylic acid groups (broad SMARTS) is 1. The molecule has 19 heavy (non-hydrogen) atoms. The largest absolute Gasteiger partial charge is 0.508 e. The molecule has 1 aromatic carbocycles. The van der Waals surface area contributed by atoms with Gasteiger partial charge in [-0.1, -0.05) is 6.08 Å². The standard InChI is InChI=1S/C14H12O5/c1-8(14(17)18)2-3-9-6-10-4-5-13(16)19-12(10)7-11(9)15/h2,4-7,15H,3H2,1H3,(H,17,18). The number of carboxylic acids is 1. The number of carbonyl (C=O) groups is 1. The molecule has 0 saturated carbocycles. The van der Waals surface area contributed by atoms with E-state index in [4.69, 9.17) is 9.52 Å². The van der Waals surface area contributed by atoms with Gasteiger partial charge in [0, 0.05) is 23.1 Å². The fourth-order valence-electron chi connectivity index (χ4n) is 1.67. The summed E-state index contributed by atoms with van der Waals surface area (Å²) in [4.78, 5) is 21.7. The molecule has 0 radical (unpaired) electrons. The van der Waals surface area contributed by atoms with Gasteiger partial charge in [-0.2, -0.15) is 0 Å². The molecule has 5 nitrogen and oxygen atoms in total. The molecule has 0 aliphatic heterocycles. The van der Waals surface area contributed by atoms with E-state index in [1.54, 1.807) is 12.1 Å². The van der Waals surface area contributed by atoms with Gasteiger partial charge in [0.15, 0.2) is 0 Å². The third kappa shape index (κ3) is 2.82. The van der Waals surface area contributed by atoms with Crippen molar-refractivity contribution >= 4 is 16.9 Å². The normalized spacial score (nSPS) is 11.7. The maximum absolute atomic E-state index is 11.0. The fourth-order valence-corrected chi connectivity index (χ4v) is 1.67. The van der Waals surface area contributed by atoms with Gasteiger partial charge in [0.25, 0.3) is 0 Å². The predicted octanol–water partition coefficient (Wildman–Crippen LogP) is 2.07. The number of aliphatic carboxylic acids is 1. The number of hydrogen-bond donors (Lipinski definition) is 2. The van der Waals surface area contributed by atoms with Crippen molar-refractivity contribution in [3.8, 4) is 5.75 Å². The van der Waals surface area contributed by atoms with Crippen LogP contribution in [0.2, 0.25) is 0 Å². The number of aromatic hydroxyl groups is 1. The smallest absolute Gasteiger partial charge is 0.336 e. The zero-order valence-corrected chi connectivity index (χ0v) is 10.2. The molecule has 98 valence electrons. The maximum atomic E-state index is 11.0. The average Bonchev–Trinajstić information content (AvgIpc) is 2.35. The van der Waals surface area contributed by atoms with Gasteiger partial charge in [-0.25, -0.2) is 9.59 Å². The van der Waals surface area contributed by atoms with Gasteiger partial charge in [0.2, 0.25) is 0 Å². The molecular weight excluding hydrogens is 248 g/mol. The van der Waals surface area contributed by atoms with Crippen LogP contribution in [0.25, 0.3) is 11.0 Å². The summed E-state index contributed by atoms with van der Waals surface area (Å²) in [6.07, 6.45) is 1.81. The zero-order valence-electron chi connectivity index (χ0n) is 10.2. The first-order chi connectivity index (χ1) is 8.97. The SMILES string of the molecule is CC(=CCc1cc2ccc(=O)oc2cc1O)C(=O)O. The summed E-state index contributed by atoms with van der Waals surface area (Å²) in [5.41, 5.74) is 0.593. The monoisotopic (exact) mass is 260 g/mol. The van der Waals surface area contributed by atoms with E-state index in [1.165, 1.54) is 25.1 Å². The molecule has 2 N–H and O–H groups in total. The Hall–Kier alpha value is -2.56. The Labute approximate surface area is 108 Å².